The molecule has 0 aromatic heterocycles. The Hall–Kier alpha value is -5.37. The molecule has 1 aliphatic rings. The second kappa shape index (κ2) is 12.3. The van der Waals surface area contributed by atoms with Gasteiger partial charge in [0.2, 0.25) is 0 Å². The topological polar surface area (TPSA) is 97.4 Å². The molecule has 48 heavy (non-hydrogen) atoms. The van der Waals surface area contributed by atoms with E-state index in [9.17, 15) is 14.4 Å². The summed E-state index contributed by atoms with van der Waals surface area (Å²) in [6.07, 6.45) is -0.390. The molecule has 0 N–H and O–H groups in total. The molecule has 8 nitrogen and oxygen atoms in total. The number of carbonyl (C=O) groups is 3. The van der Waals surface area contributed by atoms with E-state index in [1.807, 2.05) is 114 Å². The first kappa shape index (κ1) is 32.6. The molecule has 246 valence electrons. The summed E-state index contributed by atoms with van der Waals surface area (Å²) in [5.74, 6) is 0.137. The number of ether oxygens (including phenoxy) is 5. The lowest BCUT2D eigenvalue weighted by atomic mass is 9.76. The van der Waals surface area contributed by atoms with Crippen LogP contribution in [0.3, 0.4) is 0 Å². The highest BCUT2D eigenvalue weighted by Crippen LogP contribution is 2.52. The van der Waals surface area contributed by atoms with Crippen LogP contribution >= 0.6 is 0 Å². The highest BCUT2D eigenvalue weighted by Gasteiger charge is 2.50. The van der Waals surface area contributed by atoms with Gasteiger partial charge in [0.25, 0.3) is 0 Å². The van der Waals surface area contributed by atoms with E-state index in [1.165, 1.54) is 0 Å². The quantitative estimate of drug-likeness (QED) is 0.0934. The average molecular weight is 647 g/mol. The van der Waals surface area contributed by atoms with Gasteiger partial charge in [0, 0.05) is 27.5 Å². The van der Waals surface area contributed by atoms with Gasteiger partial charge >= 0.3 is 18.3 Å². The van der Waals surface area contributed by atoms with Crippen LogP contribution < -0.4 is 9.47 Å². The number of carbonyl (C=O) groups excluding carboxylic acids is 3. The van der Waals surface area contributed by atoms with Crippen molar-refractivity contribution in [3.05, 3.63) is 119 Å². The van der Waals surface area contributed by atoms with Crippen molar-refractivity contribution in [2.45, 2.75) is 71.2 Å². The van der Waals surface area contributed by atoms with Crippen molar-refractivity contribution in [1.82, 2.24) is 0 Å². The van der Waals surface area contributed by atoms with E-state index in [-0.39, 0.29) is 0 Å². The predicted molar refractivity (Wildman–Crippen MR) is 183 cm³/mol. The maximum Gasteiger partial charge on any atom is 0.514 e. The Bertz CT molecular complexity index is 1940. The van der Waals surface area contributed by atoms with Gasteiger partial charge in [-0.25, -0.2) is 14.4 Å². The summed E-state index contributed by atoms with van der Waals surface area (Å²) in [7, 11) is 0. The number of cyclic esters (lactones) is 1. The van der Waals surface area contributed by atoms with Gasteiger partial charge in [-0.15, -0.1) is 0 Å². The van der Waals surface area contributed by atoms with Crippen LogP contribution in [0.25, 0.3) is 21.5 Å². The van der Waals surface area contributed by atoms with Crippen LogP contribution in [0.1, 0.15) is 81.4 Å². The third kappa shape index (κ3) is 5.83. The SMILES string of the molecule is CCC(C)(C)OC(=O)Oc1ccc(C2(c3ccc(OC(=O)OC(C)(C)CC)c4ccccc34)OC(=O)c3ccccc32)c2ccccc12. The van der Waals surface area contributed by atoms with Gasteiger partial charge in [-0.05, 0) is 81.6 Å². The second-order valence-electron chi connectivity index (χ2n) is 13.1. The summed E-state index contributed by atoms with van der Waals surface area (Å²) in [5, 5.41) is 2.67. The molecule has 0 amide bonds. The van der Waals surface area contributed by atoms with Crippen LogP contribution in [0.5, 0.6) is 11.5 Å². The fraction of sp³-hybridized carbons (Fsp3) is 0.275. The zero-order valence-corrected chi connectivity index (χ0v) is 27.9. The van der Waals surface area contributed by atoms with Gasteiger partial charge in [-0.1, -0.05) is 80.6 Å². The number of rotatable bonds is 8. The molecule has 5 aromatic rings. The fourth-order valence-corrected chi connectivity index (χ4v) is 5.91. The second-order valence-corrected chi connectivity index (χ2v) is 13.1. The van der Waals surface area contributed by atoms with E-state index in [2.05, 4.69) is 0 Å². The Morgan fingerprint density at radius 1 is 0.583 bits per heavy atom. The maximum atomic E-state index is 13.7. The first-order valence-corrected chi connectivity index (χ1v) is 16.1. The summed E-state index contributed by atoms with van der Waals surface area (Å²) in [6.45, 7) is 11.1. The van der Waals surface area contributed by atoms with Gasteiger partial charge in [0.1, 0.15) is 22.7 Å². The molecule has 1 heterocycles. The van der Waals surface area contributed by atoms with E-state index in [0.717, 1.165) is 0 Å². The summed E-state index contributed by atoms with van der Waals surface area (Å²) in [5.41, 5.74) is -0.401. The molecule has 0 fully saturated rings. The minimum atomic E-state index is -1.42. The van der Waals surface area contributed by atoms with E-state index >= 15 is 0 Å². The van der Waals surface area contributed by atoms with E-state index in [1.54, 1.807) is 24.3 Å². The first-order valence-electron chi connectivity index (χ1n) is 16.1. The lowest BCUT2D eigenvalue weighted by molar-refractivity contribution is 0.00618. The van der Waals surface area contributed by atoms with Crippen LogP contribution in [0, 0.1) is 0 Å². The highest BCUT2D eigenvalue weighted by molar-refractivity contribution is 6.02. The number of hydrogen-bond acceptors (Lipinski definition) is 8. The van der Waals surface area contributed by atoms with Crippen LogP contribution in [0.15, 0.2) is 97.1 Å². The average Bonchev–Trinajstić information content (AvgIpc) is 3.37. The van der Waals surface area contributed by atoms with Crippen LogP contribution in [-0.2, 0) is 19.8 Å². The largest absolute Gasteiger partial charge is 0.514 e. The standard InChI is InChI=1S/C40H38O8/c1-7-38(3,4)47-36(42)44-33-23-21-31(25-15-9-11-17-27(25)33)40(30-20-14-13-19-29(30)35(41)46-40)32-22-24-34(28-18-12-10-16-26(28)32)45-37(43)48-39(5,6)8-2/h9-24H,7-8H2,1-6H3. The summed E-state index contributed by atoms with van der Waals surface area (Å²) in [6, 6.07) is 29.3. The highest BCUT2D eigenvalue weighted by atomic mass is 16.7. The lowest BCUT2D eigenvalue weighted by Gasteiger charge is -2.33. The van der Waals surface area contributed by atoms with E-state index < -0.39 is 35.1 Å². The number of fused-ring (bicyclic) bond motifs is 3. The predicted octanol–water partition coefficient (Wildman–Crippen LogP) is 9.86. The summed E-state index contributed by atoms with van der Waals surface area (Å²) >= 11 is 0. The molecule has 0 aliphatic carbocycles. The van der Waals surface area contributed by atoms with Crippen molar-refractivity contribution < 1.29 is 38.1 Å². The minimum Gasteiger partial charge on any atom is -0.441 e. The Morgan fingerprint density at radius 3 is 1.46 bits per heavy atom. The number of benzene rings is 5. The Balaban J connectivity index is 1.55. The Kier molecular flexibility index (Phi) is 8.37. The molecule has 1 aliphatic heterocycles. The molecule has 0 bridgehead atoms. The summed E-state index contributed by atoms with van der Waals surface area (Å²) in [4.78, 5) is 39.4. The van der Waals surface area contributed by atoms with Crippen molar-refractivity contribution in [2.75, 3.05) is 0 Å². The molecule has 0 unspecified atom stereocenters. The first-order chi connectivity index (χ1) is 22.9. The fourth-order valence-electron chi connectivity index (χ4n) is 5.91. The van der Waals surface area contributed by atoms with Gasteiger partial charge in [-0.2, -0.15) is 0 Å². The van der Waals surface area contributed by atoms with Crippen molar-refractivity contribution >= 4 is 39.8 Å². The van der Waals surface area contributed by atoms with Crippen LogP contribution in [0.4, 0.5) is 9.59 Å². The molecule has 0 atom stereocenters. The van der Waals surface area contributed by atoms with Crippen LogP contribution in [0.2, 0.25) is 0 Å². The molecule has 0 radical (unpaired) electrons. The van der Waals surface area contributed by atoms with Crippen LogP contribution in [-0.4, -0.2) is 29.5 Å². The van der Waals surface area contributed by atoms with Gasteiger partial charge in [0.15, 0.2) is 5.60 Å². The Labute approximate surface area is 279 Å². The third-order valence-corrected chi connectivity index (χ3v) is 9.11. The van der Waals surface area contributed by atoms with Gasteiger partial charge in [0.05, 0.1) is 5.56 Å². The summed E-state index contributed by atoms with van der Waals surface area (Å²) < 4.78 is 29.1. The maximum absolute atomic E-state index is 13.7. The molecular weight excluding hydrogens is 608 g/mol. The Morgan fingerprint density at radius 2 is 1.00 bits per heavy atom. The molecule has 6 rings (SSSR count). The molecule has 5 aromatic carbocycles. The lowest BCUT2D eigenvalue weighted by Crippen LogP contribution is -2.31. The minimum absolute atomic E-state index is 0.307. The molecule has 8 heteroatoms. The van der Waals surface area contributed by atoms with Crippen molar-refractivity contribution in [1.29, 1.82) is 0 Å². The molecule has 0 saturated carbocycles. The molecule has 0 saturated heterocycles. The normalized spacial score (nSPS) is 13.9. The van der Waals surface area contributed by atoms with Gasteiger partial charge in [-0.3, -0.25) is 0 Å². The zero-order chi connectivity index (χ0) is 34.3. The number of hydrogen-bond donors (Lipinski definition) is 0. The number of esters is 1. The molecular formula is C40H38O8. The molecule has 0 spiro atoms. The van der Waals surface area contributed by atoms with Crippen molar-refractivity contribution in [3.8, 4) is 11.5 Å². The van der Waals surface area contributed by atoms with Gasteiger partial charge < -0.3 is 23.7 Å². The van der Waals surface area contributed by atoms with E-state index in [0.29, 0.717) is 68.1 Å². The van der Waals surface area contributed by atoms with Crippen molar-refractivity contribution in [2.24, 2.45) is 0 Å². The zero-order valence-electron chi connectivity index (χ0n) is 27.9. The van der Waals surface area contributed by atoms with E-state index in [4.69, 9.17) is 23.7 Å². The smallest absolute Gasteiger partial charge is 0.441 e. The monoisotopic (exact) mass is 646 g/mol. The van der Waals surface area contributed by atoms with Crippen molar-refractivity contribution in [3.63, 3.8) is 0 Å². The third-order valence-electron chi connectivity index (χ3n) is 9.11.